The highest BCUT2D eigenvalue weighted by atomic mass is 15.0. The highest BCUT2D eigenvalue weighted by Gasteiger charge is 2.00. The maximum absolute atomic E-state index is 2.21. The molecule has 48 valence electrons. The highest BCUT2D eigenvalue weighted by Crippen LogP contribution is 1.91. The van der Waals surface area contributed by atoms with Crippen LogP contribution in [0.2, 0.25) is 0 Å². The molecule has 0 N–H and O–H groups in total. The Hall–Kier alpha value is -0.850. The van der Waals surface area contributed by atoms with Gasteiger partial charge in [0, 0.05) is 19.9 Å². The molecule has 0 saturated heterocycles. The van der Waals surface area contributed by atoms with Crippen molar-refractivity contribution in [3.05, 3.63) is 24.4 Å². The summed E-state index contributed by atoms with van der Waals surface area (Å²) in [4.78, 5) is 0. The van der Waals surface area contributed by atoms with Gasteiger partial charge in [-0.1, -0.05) is 6.08 Å². The third-order valence-electron chi connectivity index (χ3n) is 1.39. The van der Waals surface area contributed by atoms with E-state index in [1.54, 1.807) is 0 Å². The molecular formula is C8H12N+. The Morgan fingerprint density at radius 1 is 1.33 bits per heavy atom. The molecule has 1 nitrogen and oxygen atoms in total. The van der Waals surface area contributed by atoms with Crippen molar-refractivity contribution >= 4 is 5.71 Å². The third-order valence-corrected chi connectivity index (χ3v) is 1.39. The van der Waals surface area contributed by atoms with Crippen molar-refractivity contribution in [1.82, 2.24) is 0 Å². The molecule has 0 bridgehead atoms. The molecule has 1 rings (SSSR count). The summed E-state index contributed by atoms with van der Waals surface area (Å²) in [6.45, 7) is 5.26. The molecule has 1 heterocycles. The topological polar surface area (TPSA) is 3.01 Å². The molecule has 0 atom stereocenters. The van der Waals surface area contributed by atoms with E-state index in [2.05, 4.69) is 42.9 Å². The predicted molar refractivity (Wildman–Crippen MR) is 39.8 cm³/mol. The Labute approximate surface area is 56.0 Å². The second kappa shape index (κ2) is 2.62. The van der Waals surface area contributed by atoms with E-state index in [0.29, 0.717) is 0 Å². The molecular weight excluding hydrogens is 110 g/mol. The van der Waals surface area contributed by atoms with Gasteiger partial charge in [0.05, 0.1) is 0 Å². The van der Waals surface area contributed by atoms with Gasteiger partial charge in [0.25, 0.3) is 0 Å². The lowest BCUT2D eigenvalue weighted by molar-refractivity contribution is -0.447. The summed E-state index contributed by atoms with van der Waals surface area (Å²) in [5.74, 6) is 0. The van der Waals surface area contributed by atoms with E-state index >= 15 is 0 Å². The first kappa shape index (κ1) is 6.27. The van der Waals surface area contributed by atoms with E-state index < -0.39 is 0 Å². The van der Waals surface area contributed by atoms with E-state index in [4.69, 9.17) is 0 Å². The molecule has 0 aliphatic carbocycles. The molecule has 0 unspecified atom stereocenters. The van der Waals surface area contributed by atoms with E-state index in [1.807, 2.05) is 0 Å². The second-order valence-corrected chi connectivity index (χ2v) is 2.37. The highest BCUT2D eigenvalue weighted by molar-refractivity contribution is 5.74. The van der Waals surface area contributed by atoms with Gasteiger partial charge in [0.2, 0.25) is 0 Å². The molecule has 9 heavy (non-hydrogen) atoms. The van der Waals surface area contributed by atoms with Gasteiger partial charge in [0.1, 0.15) is 0 Å². The summed E-state index contributed by atoms with van der Waals surface area (Å²) in [5.41, 5.74) is 1.34. The lowest BCUT2D eigenvalue weighted by Crippen LogP contribution is -2.12. The first-order chi connectivity index (χ1) is 4.30. The van der Waals surface area contributed by atoms with Crippen LogP contribution in [-0.2, 0) is 0 Å². The Balaban J connectivity index is 2.78. The number of nitrogens with zero attached hydrogens (tertiary/aromatic N) is 1. The van der Waals surface area contributed by atoms with E-state index in [1.165, 1.54) is 5.71 Å². The lowest BCUT2D eigenvalue weighted by Gasteiger charge is -1.97. The second-order valence-electron chi connectivity index (χ2n) is 2.37. The normalized spacial score (nSPS) is 16.4. The zero-order chi connectivity index (χ0) is 6.69. The van der Waals surface area contributed by atoms with Crippen LogP contribution in [0.3, 0.4) is 0 Å². The summed E-state index contributed by atoms with van der Waals surface area (Å²) in [6, 6.07) is 0. The average Bonchev–Trinajstić information content (AvgIpc) is 1.90. The Bertz CT molecular complexity index is 181. The minimum absolute atomic E-state index is 1.03. The van der Waals surface area contributed by atoms with Gasteiger partial charge in [-0.25, -0.2) is 4.58 Å². The van der Waals surface area contributed by atoms with Crippen molar-refractivity contribution in [3.63, 3.8) is 0 Å². The molecule has 0 saturated carbocycles. The van der Waals surface area contributed by atoms with Crippen molar-refractivity contribution in [2.24, 2.45) is 0 Å². The van der Waals surface area contributed by atoms with Gasteiger partial charge in [-0.15, -0.1) is 0 Å². The van der Waals surface area contributed by atoms with Gasteiger partial charge in [0.15, 0.2) is 18.5 Å². The fourth-order valence-electron chi connectivity index (χ4n) is 0.799. The van der Waals surface area contributed by atoms with Crippen molar-refractivity contribution < 1.29 is 4.58 Å². The van der Waals surface area contributed by atoms with Crippen LogP contribution in [0.25, 0.3) is 0 Å². The largest absolute Gasteiger partial charge is 0.203 e. The maximum atomic E-state index is 2.21. The van der Waals surface area contributed by atoms with Crippen LogP contribution in [0.1, 0.15) is 13.8 Å². The summed E-state index contributed by atoms with van der Waals surface area (Å²) in [7, 11) is 0. The van der Waals surface area contributed by atoms with Crippen molar-refractivity contribution in [2.75, 3.05) is 6.54 Å². The number of hydrogen-bond acceptors (Lipinski definition) is 0. The first-order valence-electron chi connectivity index (χ1n) is 3.21. The molecule has 1 aliphatic rings. The van der Waals surface area contributed by atoms with Gasteiger partial charge in [-0.2, -0.15) is 0 Å². The minimum Gasteiger partial charge on any atom is -0.203 e. The SMILES string of the molecule is CC(C)=[N+]1C=CC=CC1. The van der Waals surface area contributed by atoms with Crippen LogP contribution >= 0.6 is 0 Å². The molecule has 0 aromatic heterocycles. The van der Waals surface area contributed by atoms with Gasteiger partial charge < -0.3 is 0 Å². The fourth-order valence-corrected chi connectivity index (χ4v) is 0.799. The predicted octanol–water partition coefficient (Wildman–Crippen LogP) is 1.56. The van der Waals surface area contributed by atoms with Crippen LogP contribution in [0, 0.1) is 0 Å². The third kappa shape index (κ3) is 1.53. The Kier molecular flexibility index (Phi) is 1.83. The van der Waals surface area contributed by atoms with Crippen LogP contribution in [0.5, 0.6) is 0 Å². The summed E-state index contributed by atoms with van der Waals surface area (Å²) in [5, 5.41) is 0. The van der Waals surface area contributed by atoms with E-state index in [0.717, 1.165) is 6.54 Å². The first-order valence-corrected chi connectivity index (χ1v) is 3.21. The van der Waals surface area contributed by atoms with Gasteiger partial charge >= 0.3 is 0 Å². The number of hydrogen-bond donors (Lipinski definition) is 0. The number of allylic oxidation sites excluding steroid dienone is 2. The average molecular weight is 122 g/mol. The Morgan fingerprint density at radius 2 is 2.11 bits per heavy atom. The molecule has 0 spiro atoms. The standard InChI is InChI=1S/C8H12N/c1-8(2)9-6-4-3-5-7-9/h3-6H,7H2,1-2H3/q+1. The van der Waals surface area contributed by atoms with Gasteiger partial charge in [-0.3, -0.25) is 0 Å². The van der Waals surface area contributed by atoms with Crippen LogP contribution in [-0.4, -0.2) is 16.8 Å². The molecule has 0 aromatic rings. The van der Waals surface area contributed by atoms with Crippen LogP contribution in [0.15, 0.2) is 24.4 Å². The molecule has 1 aliphatic heterocycles. The summed E-state index contributed by atoms with van der Waals surface area (Å²) in [6.07, 6.45) is 8.36. The fraction of sp³-hybridized carbons (Fsp3) is 0.375. The smallest absolute Gasteiger partial charge is 0.168 e. The van der Waals surface area contributed by atoms with E-state index in [9.17, 15) is 0 Å². The van der Waals surface area contributed by atoms with Crippen LogP contribution in [0.4, 0.5) is 0 Å². The quantitative estimate of drug-likeness (QED) is 0.429. The minimum atomic E-state index is 1.03. The molecule has 0 fully saturated rings. The van der Waals surface area contributed by atoms with Crippen molar-refractivity contribution in [1.29, 1.82) is 0 Å². The zero-order valence-corrected chi connectivity index (χ0v) is 5.96. The maximum Gasteiger partial charge on any atom is 0.168 e. The van der Waals surface area contributed by atoms with Crippen molar-refractivity contribution in [3.8, 4) is 0 Å². The summed E-state index contributed by atoms with van der Waals surface area (Å²) >= 11 is 0. The Morgan fingerprint density at radius 3 is 2.44 bits per heavy atom. The summed E-state index contributed by atoms with van der Waals surface area (Å²) < 4.78 is 2.21. The van der Waals surface area contributed by atoms with Gasteiger partial charge in [-0.05, 0) is 6.08 Å². The van der Waals surface area contributed by atoms with E-state index in [-0.39, 0.29) is 0 Å². The molecule has 0 aromatic carbocycles. The zero-order valence-electron chi connectivity index (χ0n) is 5.96. The number of rotatable bonds is 0. The monoisotopic (exact) mass is 122 g/mol. The molecule has 0 amide bonds. The lowest BCUT2D eigenvalue weighted by atomic mass is 10.3. The molecule has 1 heteroatoms. The van der Waals surface area contributed by atoms with Crippen molar-refractivity contribution in [2.45, 2.75) is 13.8 Å². The van der Waals surface area contributed by atoms with Crippen LogP contribution < -0.4 is 0 Å². The molecule has 0 radical (unpaired) electrons.